The Morgan fingerprint density at radius 3 is 2.57 bits per heavy atom. The molecule has 4 nitrogen and oxygen atoms in total. The average molecular weight is 329 g/mol. The lowest BCUT2D eigenvalue weighted by Gasteiger charge is -2.42. The Kier molecular flexibility index (Phi) is 4.49. The van der Waals surface area contributed by atoms with Gasteiger partial charge in [0.05, 0.1) is 6.54 Å². The van der Waals surface area contributed by atoms with Crippen molar-refractivity contribution < 1.29 is 9.59 Å². The summed E-state index contributed by atoms with van der Waals surface area (Å²) in [5, 5.41) is 3.73. The molecule has 6 heteroatoms. The quantitative estimate of drug-likeness (QED) is 0.907. The molecule has 1 fully saturated rings. The standard InChI is InChI=1S/C15H18Cl2N2O2/c1-15(2,3)13-14(21)18-7-12(20)19(13)8-9-6-10(16)4-5-11(9)17/h4-6,13H,7-8H2,1-3H3,(H,18,21). The minimum atomic E-state index is -0.534. The maximum Gasteiger partial charge on any atom is 0.243 e. The van der Waals surface area contributed by atoms with Crippen molar-refractivity contribution in [1.29, 1.82) is 0 Å². The number of hydrogen-bond donors (Lipinski definition) is 1. The first-order valence-corrected chi connectivity index (χ1v) is 7.47. The number of amides is 2. The molecule has 114 valence electrons. The molecule has 1 aromatic rings. The molecular formula is C15H18Cl2N2O2. The van der Waals surface area contributed by atoms with Crippen LogP contribution in [-0.2, 0) is 16.1 Å². The number of piperazine rings is 1. The SMILES string of the molecule is CC(C)(C)C1C(=O)NCC(=O)N1Cc1cc(Cl)ccc1Cl. The van der Waals surface area contributed by atoms with E-state index in [0.717, 1.165) is 5.56 Å². The molecule has 21 heavy (non-hydrogen) atoms. The van der Waals surface area contributed by atoms with Gasteiger partial charge in [-0.3, -0.25) is 9.59 Å². The van der Waals surface area contributed by atoms with E-state index in [0.29, 0.717) is 10.0 Å². The van der Waals surface area contributed by atoms with Crippen molar-refractivity contribution >= 4 is 35.0 Å². The van der Waals surface area contributed by atoms with Crippen LogP contribution in [-0.4, -0.2) is 29.3 Å². The van der Waals surface area contributed by atoms with Gasteiger partial charge in [-0.25, -0.2) is 0 Å². The highest BCUT2D eigenvalue weighted by Crippen LogP contribution is 2.30. The number of carbonyl (C=O) groups excluding carboxylic acids is 2. The van der Waals surface area contributed by atoms with Crippen molar-refractivity contribution in [1.82, 2.24) is 10.2 Å². The smallest absolute Gasteiger partial charge is 0.243 e. The third-order valence-electron chi connectivity index (χ3n) is 3.46. The zero-order chi connectivity index (χ0) is 15.8. The van der Waals surface area contributed by atoms with Gasteiger partial charge in [0.25, 0.3) is 0 Å². The Labute approximate surface area is 134 Å². The molecule has 0 bridgehead atoms. The molecule has 0 radical (unpaired) electrons. The van der Waals surface area contributed by atoms with E-state index in [1.54, 1.807) is 23.1 Å². The fraction of sp³-hybridized carbons (Fsp3) is 0.467. The van der Waals surface area contributed by atoms with Gasteiger partial charge < -0.3 is 10.2 Å². The van der Waals surface area contributed by atoms with Crippen LogP contribution in [0.15, 0.2) is 18.2 Å². The van der Waals surface area contributed by atoms with E-state index >= 15 is 0 Å². The maximum atomic E-state index is 12.2. The molecule has 2 amide bonds. The van der Waals surface area contributed by atoms with Crippen LogP contribution in [0.5, 0.6) is 0 Å². The first-order valence-electron chi connectivity index (χ1n) is 6.71. The molecule has 1 saturated heterocycles. The van der Waals surface area contributed by atoms with Gasteiger partial charge in [0.15, 0.2) is 0 Å². The molecule has 1 N–H and O–H groups in total. The molecule has 0 spiro atoms. The molecule has 2 rings (SSSR count). The first-order chi connectivity index (χ1) is 9.70. The van der Waals surface area contributed by atoms with Gasteiger partial charge in [-0.1, -0.05) is 44.0 Å². The fourth-order valence-corrected chi connectivity index (χ4v) is 2.91. The van der Waals surface area contributed by atoms with Gasteiger partial charge in [-0.15, -0.1) is 0 Å². The third kappa shape index (κ3) is 3.50. The number of hydrogen-bond acceptors (Lipinski definition) is 2. The second-order valence-corrected chi connectivity index (χ2v) is 7.09. The molecule has 1 heterocycles. The first kappa shape index (κ1) is 16.1. The van der Waals surface area contributed by atoms with E-state index in [-0.39, 0.29) is 30.3 Å². The van der Waals surface area contributed by atoms with Crippen LogP contribution < -0.4 is 5.32 Å². The lowest BCUT2D eigenvalue weighted by atomic mass is 9.83. The van der Waals surface area contributed by atoms with Gasteiger partial charge in [0.2, 0.25) is 11.8 Å². The van der Waals surface area contributed by atoms with Crippen LogP contribution in [0.25, 0.3) is 0 Å². The number of halogens is 2. The summed E-state index contributed by atoms with van der Waals surface area (Å²) in [5.41, 5.74) is 0.368. The van der Waals surface area contributed by atoms with Crippen LogP contribution in [0.3, 0.4) is 0 Å². The summed E-state index contributed by atoms with van der Waals surface area (Å²) in [6.45, 7) is 6.09. The van der Waals surface area contributed by atoms with Crippen LogP contribution in [0.4, 0.5) is 0 Å². The van der Waals surface area contributed by atoms with Crippen molar-refractivity contribution in [3.8, 4) is 0 Å². The van der Waals surface area contributed by atoms with E-state index in [1.165, 1.54) is 0 Å². The van der Waals surface area contributed by atoms with Crippen LogP contribution in [0.2, 0.25) is 10.0 Å². The summed E-state index contributed by atoms with van der Waals surface area (Å²) in [7, 11) is 0. The topological polar surface area (TPSA) is 49.4 Å². The second-order valence-electron chi connectivity index (χ2n) is 6.24. The summed E-state index contributed by atoms with van der Waals surface area (Å²) in [6.07, 6.45) is 0. The highest BCUT2D eigenvalue weighted by molar-refractivity contribution is 6.33. The summed E-state index contributed by atoms with van der Waals surface area (Å²) < 4.78 is 0. The molecule has 1 atom stereocenters. The molecule has 1 aliphatic rings. The van der Waals surface area contributed by atoms with Crippen LogP contribution >= 0.6 is 23.2 Å². The molecule has 0 aromatic heterocycles. The highest BCUT2D eigenvalue weighted by atomic mass is 35.5. The summed E-state index contributed by atoms with van der Waals surface area (Å²) in [6, 6.07) is 4.58. The van der Waals surface area contributed by atoms with E-state index in [2.05, 4.69) is 5.32 Å². The average Bonchev–Trinajstić information content (AvgIpc) is 2.36. The number of carbonyl (C=O) groups is 2. The Bertz CT molecular complexity index is 582. The van der Waals surface area contributed by atoms with Gasteiger partial charge in [0, 0.05) is 16.6 Å². The minimum absolute atomic E-state index is 0.0175. The predicted octanol–water partition coefficient (Wildman–Crippen LogP) is 2.87. The summed E-state index contributed by atoms with van der Waals surface area (Å²) >= 11 is 12.1. The molecular weight excluding hydrogens is 311 g/mol. The Morgan fingerprint density at radius 2 is 1.95 bits per heavy atom. The number of nitrogens with zero attached hydrogens (tertiary/aromatic N) is 1. The minimum Gasteiger partial charge on any atom is -0.345 e. The zero-order valence-corrected chi connectivity index (χ0v) is 13.8. The second kappa shape index (κ2) is 5.85. The molecule has 1 aromatic carbocycles. The van der Waals surface area contributed by atoms with Crippen molar-refractivity contribution in [3.63, 3.8) is 0 Å². The van der Waals surface area contributed by atoms with Gasteiger partial charge in [0.1, 0.15) is 6.04 Å². The third-order valence-corrected chi connectivity index (χ3v) is 4.07. The van der Waals surface area contributed by atoms with E-state index in [4.69, 9.17) is 23.2 Å². The van der Waals surface area contributed by atoms with Crippen LogP contribution in [0, 0.1) is 5.41 Å². The number of benzene rings is 1. The molecule has 0 aliphatic carbocycles. The largest absolute Gasteiger partial charge is 0.345 e. The lowest BCUT2D eigenvalue weighted by molar-refractivity contribution is -0.150. The van der Waals surface area contributed by atoms with Crippen molar-refractivity contribution in [2.45, 2.75) is 33.4 Å². The monoisotopic (exact) mass is 328 g/mol. The van der Waals surface area contributed by atoms with Crippen LogP contribution in [0.1, 0.15) is 26.3 Å². The lowest BCUT2D eigenvalue weighted by Crippen LogP contribution is -2.62. The van der Waals surface area contributed by atoms with E-state index in [9.17, 15) is 9.59 Å². The maximum absolute atomic E-state index is 12.2. The van der Waals surface area contributed by atoms with Gasteiger partial charge in [-0.05, 0) is 29.2 Å². The van der Waals surface area contributed by atoms with Gasteiger partial charge >= 0.3 is 0 Å². The van der Waals surface area contributed by atoms with Gasteiger partial charge in [-0.2, -0.15) is 0 Å². The molecule has 0 saturated carbocycles. The van der Waals surface area contributed by atoms with E-state index in [1.807, 2.05) is 20.8 Å². The Morgan fingerprint density at radius 1 is 1.29 bits per heavy atom. The highest BCUT2D eigenvalue weighted by Gasteiger charge is 2.42. The van der Waals surface area contributed by atoms with Crippen molar-refractivity contribution in [2.75, 3.05) is 6.54 Å². The summed E-state index contributed by atoms with van der Waals surface area (Å²) in [5.74, 6) is -0.259. The Hall–Kier alpha value is -1.26. The predicted molar refractivity (Wildman–Crippen MR) is 83.3 cm³/mol. The molecule has 1 unspecified atom stereocenters. The fourth-order valence-electron chi connectivity index (χ4n) is 2.53. The van der Waals surface area contributed by atoms with E-state index < -0.39 is 6.04 Å². The van der Waals surface area contributed by atoms with Crippen molar-refractivity contribution in [3.05, 3.63) is 33.8 Å². The van der Waals surface area contributed by atoms with Crippen molar-refractivity contribution in [2.24, 2.45) is 5.41 Å². The Balaban J connectivity index is 2.35. The number of rotatable bonds is 2. The summed E-state index contributed by atoms with van der Waals surface area (Å²) in [4.78, 5) is 26.0. The molecule has 1 aliphatic heterocycles. The zero-order valence-electron chi connectivity index (χ0n) is 12.2. The number of nitrogens with one attached hydrogen (secondary N) is 1. The normalized spacial score (nSPS) is 19.7.